The summed E-state index contributed by atoms with van der Waals surface area (Å²) in [6.07, 6.45) is 3.26. The summed E-state index contributed by atoms with van der Waals surface area (Å²) in [4.78, 5) is 8.38. The van der Waals surface area contributed by atoms with Crippen LogP contribution in [0.3, 0.4) is 0 Å². The van der Waals surface area contributed by atoms with E-state index in [9.17, 15) is 14.4 Å². The number of hydrogen-bond donors (Lipinski definition) is 3. The molecule has 0 bridgehead atoms. The third-order valence-electron chi connectivity index (χ3n) is 6.34. The number of rotatable bonds is 4. The van der Waals surface area contributed by atoms with Gasteiger partial charge in [0.2, 0.25) is 0 Å². The van der Waals surface area contributed by atoms with E-state index in [1.54, 1.807) is 6.20 Å². The number of ether oxygens (including phenoxy) is 2. The van der Waals surface area contributed by atoms with E-state index in [0.717, 1.165) is 25.2 Å². The fourth-order valence-electron chi connectivity index (χ4n) is 4.95. The molecular formula is C19H23BClFN4O4. The molecule has 0 saturated carbocycles. The zero-order valence-electron chi connectivity index (χ0n) is 16.6. The van der Waals surface area contributed by atoms with Gasteiger partial charge in [0.05, 0.1) is 27.3 Å². The number of benzene rings is 1. The van der Waals surface area contributed by atoms with Gasteiger partial charge in [-0.2, -0.15) is 0 Å². The van der Waals surface area contributed by atoms with E-state index >= 15 is 0 Å². The Labute approximate surface area is 178 Å². The molecule has 0 spiro atoms. The summed E-state index contributed by atoms with van der Waals surface area (Å²) in [5.41, 5.74) is -0.195. The van der Waals surface area contributed by atoms with Crippen molar-refractivity contribution < 1.29 is 23.9 Å². The van der Waals surface area contributed by atoms with Crippen molar-refractivity contribution in [2.45, 2.75) is 31.0 Å². The standard InChI is InChI=1S/C19H23BClFN4O4/c1-25-8-14(29-9-19-3-2-4-26(19)7-11(22)6-19)30-13-5-12(20(27)28)16(21)17-15(13)18(25)24-10-23-17/h5,8,11,24,27-28H,2-4,6-7,9-10H2,1H3/t11-,19+/m1/s1. The highest BCUT2D eigenvalue weighted by Gasteiger charge is 2.49. The van der Waals surface area contributed by atoms with Crippen LogP contribution in [0.25, 0.3) is 5.82 Å². The zero-order chi connectivity index (χ0) is 21.0. The lowest BCUT2D eigenvalue weighted by Gasteiger charge is -2.31. The van der Waals surface area contributed by atoms with Crippen LogP contribution in [0.2, 0.25) is 5.02 Å². The molecule has 2 saturated heterocycles. The molecule has 0 unspecified atom stereocenters. The SMILES string of the molecule is CN1C=C(OC[C@@]23CCCN2C[C@H](F)C3)Oc2cc(B(O)O)c(Cl)c3c2=C1NCN=3. The topological polar surface area (TPSA) is 89.8 Å². The van der Waals surface area contributed by atoms with Gasteiger partial charge in [-0.15, -0.1) is 0 Å². The molecule has 5 rings (SSSR count). The molecule has 4 heterocycles. The first kappa shape index (κ1) is 19.9. The molecule has 160 valence electrons. The highest BCUT2D eigenvalue weighted by Crippen LogP contribution is 2.40. The van der Waals surface area contributed by atoms with E-state index in [2.05, 4.69) is 15.2 Å². The maximum atomic E-state index is 14.1. The Morgan fingerprint density at radius 3 is 3.13 bits per heavy atom. The van der Waals surface area contributed by atoms with Crippen molar-refractivity contribution in [3.63, 3.8) is 0 Å². The first-order chi connectivity index (χ1) is 14.4. The molecule has 2 fully saturated rings. The number of hydrogen-bond acceptors (Lipinski definition) is 8. The van der Waals surface area contributed by atoms with Crippen LogP contribution in [0.5, 0.6) is 5.75 Å². The van der Waals surface area contributed by atoms with Gasteiger partial charge in [0.25, 0.3) is 0 Å². The van der Waals surface area contributed by atoms with Gasteiger partial charge in [-0.1, -0.05) is 11.6 Å². The molecule has 3 N–H and O–H groups in total. The van der Waals surface area contributed by atoms with Crippen molar-refractivity contribution in [1.29, 1.82) is 0 Å². The monoisotopic (exact) mass is 436 g/mol. The van der Waals surface area contributed by atoms with E-state index < -0.39 is 13.3 Å². The van der Waals surface area contributed by atoms with Crippen molar-refractivity contribution in [1.82, 2.24) is 15.1 Å². The van der Waals surface area contributed by atoms with E-state index in [0.29, 0.717) is 35.9 Å². The predicted molar refractivity (Wildman–Crippen MR) is 109 cm³/mol. The second kappa shape index (κ2) is 7.30. The minimum atomic E-state index is -1.77. The molecular weight excluding hydrogens is 413 g/mol. The first-order valence-electron chi connectivity index (χ1n) is 10.0. The fourth-order valence-corrected chi connectivity index (χ4v) is 5.25. The lowest BCUT2D eigenvalue weighted by Crippen LogP contribution is -2.47. The average molecular weight is 437 g/mol. The van der Waals surface area contributed by atoms with Crippen molar-refractivity contribution in [3.8, 4) is 5.75 Å². The van der Waals surface area contributed by atoms with Crippen LogP contribution < -0.4 is 26.1 Å². The summed E-state index contributed by atoms with van der Waals surface area (Å²) in [6, 6.07) is 1.48. The van der Waals surface area contributed by atoms with Gasteiger partial charge >= 0.3 is 13.1 Å². The third-order valence-corrected chi connectivity index (χ3v) is 6.73. The van der Waals surface area contributed by atoms with Gasteiger partial charge in [0, 0.05) is 25.5 Å². The maximum Gasteiger partial charge on any atom is 0.490 e. The van der Waals surface area contributed by atoms with Gasteiger partial charge in [0.1, 0.15) is 31.0 Å². The summed E-state index contributed by atoms with van der Waals surface area (Å²) >= 11 is 6.38. The minimum absolute atomic E-state index is 0.107. The van der Waals surface area contributed by atoms with Crippen molar-refractivity contribution in [2.75, 3.05) is 33.4 Å². The summed E-state index contributed by atoms with van der Waals surface area (Å²) in [6.45, 7) is 1.95. The molecule has 4 aliphatic heterocycles. The third kappa shape index (κ3) is 3.13. The maximum absolute atomic E-state index is 14.1. The number of alkyl halides is 1. The Balaban J connectivity index is 1.49. The number of fused-ring (bicyclic) bond motifs is 1. The highest BCUT2D eigenvalue weighted by atomic mass is 35.5. The van der Waals surface area contributed by atoms with Gasteiger partial charge in [-0.05, 0) is 25.5 Å². The zero-order valence-corrected chi connectivity index (χ0v) is 17.3. The van der Waals surface area contributed by atoms with Gasteiger partial charge in [-0.3, -0.25) is 9.89 Å². The van der Waals surface area contributed by atoms with Crippen LogP contribution in [0.15, 0.2) is 23.2 Å². The number of nitrogens with zero attached hydrogens (tertiary/aromatic N) is 3. The molecule has 2 atom stereocenters. The molecule has 1 aromatic carbocycles. The Morgan fingerprint density at radius 2 is 2.33 bits per heavy atom. The number of nitrogens with one attached hydrogen (secondary N) is 1. The Bertz CT molecular complexity index is 1040. The van der Waals surface area contributed by atoms with Crippen molar-refractivity contribution in [3.05, 3.63) is 33.8 Å². The van der Waals surface area contributed by atoms with E-state index in [-0.39, 0.29) is 28.6 Å². The van der Waals surface area contributed by atoms with Crippen LogP contribution in [0, 0.1) is 0 Å². The molecule has 0 radical (unpaired) electrons. The Hall–Kier alpha value is -2.01. The Kier molecular flexibility index (Phi) is 4.85. The molecule has 0 amide bonds. The smallest absolute Gasteiger partial charge is 0.462 e. The van der Waals surface area contributed by atoms with Crippen LogP contribution in [-0.4, -0.2) is 72.1 Å². The second-order valence-corrected chi connectivity index (χ2v) is 8.62. The molecule has 1 aromatic rings. The average Bonchev–Trinajstić information content (AvgIpc) is 3.18. The molecule has 0 aromatic heterocycles. The molecule has 11 heteroatoms. The first-order valence-corrected chi connectivity index (χ1v) is 10.4. The van der Waals surface area contributed by atoms with Crippen LogP contribution >= 0.6 is 11.6 Å². The lowest BCUT2D eigenvalue weighted by atomic mass is 9.79. The van der Waals surface area contributed by atoms with Crippen molar-refractivity contribution >= 4 is 30.0 Å². The normalized spacial score (nSPS) is 27.4. The van der Waals surface area contributed by atoms with Crippen molar-refractivity contribution in [2.24, 2.45) is 4.99 Å². The van der Waals surface area contributed by atoms with Crippen LogP contribution in [0.1, 0.15) is 19.3 Å². The van der Waals surface area contributed by atoms with Crippen LogP contribution in [-0.2, 0) is 4.74 Å². The molecule has 8 nitrogen and oxygen atoms in total. The fraction of sp³-hybridized carbons (Fsp3) is 0.526. The van der Waals surface area contributed by atoms with E-state index in [4.69, 9.17) is 21.1 Å². The largest absolute Gasteiger partial charge is 0.490 e. The van der Waals surface area contributed by atoms with Gasteiger partial charge in [0.15, 0.2) is 0 Å². The van der Waals surface area contributed by atoms with Gasteiger partial charge in [-0.25, -0.2) is 4.39 Å². The van der Waals surface area contributed by atoms with Crippen LogP contribution in [0.4, 0.5) is 4.39 Å². The lowest BCUT2D eigenvalue weighted by molar-refractivity contribution is 0.0270. The Morgan fingerprint density at radius 1 is 1.50 bits per heavy atom. The van der Waals surface area contributed by atoms with E-state index in [1.165, 1.54) is 6.07 Å². The summed E-state index contributed by atoms with van der Waals surface area (Å²) < 4.78 is 26.2. The van der Waals surface area contributed by atoms with E-state index in [1.807, 2.05) is 11.9 Å². The van der Waals surface area contributed by atoms with Gasteiger partial charge < -0.3 is 29.7 Å². The summed E-state index contributed by atoms with van der Waals surface area (Å²) in [5.74, 6) is 1.32. The highest BCUT2D eigenvalue weighted by molar-refractivity contribution is 6.62. The quantitative estimate of drug-likeness (QED) is 0.521. The molecule has 0 aliphatic carbocycles. The predicted octanol–water partition coefficient (Wildman–Crippen LogP) is -1.02. The molecule has 30 heavy (non-hydrogen) atoms. The number of halogens is 2. The summed E-state index contributed by atoms with van der Waals surface area (Å²) in [5, 5.41) is 23.9. The molecule has 4 aliphatic rings. The summed E-state index contributed by atoms with van der Waals surface area (Å²) in [7, 11) is 0.0753. The second-order valence-electron chi connectivity index (χ2n) is 8.24. The minimum Gasteiger partial charge on any atom is -0.462 e.